The fourth-order valence-electron chi connectivity index (χ4n) is 4.91. The van der Waals surface area contributed by atoms with Crippen molar-refractivity contribution in [1.82, 2.24) is 14.8 Å². The molecule has 1 aromatic carbocycles. The predicted molar refractivity (Wildman–Crippen MR) is 150 cm³/mol. The molecule has 0 aliphatic carbocycles. The van der Waals surface area contributed by atoms with Crippen molar-refractivity contribution in [1.29, 1.82) is 0 Å². The molecule has 192 valence electrons. The molecule has 3 heterocycles. The highest BCUT2D eigenvalue weighted by Crippen LogP contribution is 2.39. The Morgan fingerprint density at radius 1 is 0.972 bits per heavy atom. The van der Waals surface area contributed by atoms with E-state index in [2.05, 4.69) is 35.5 Å². The van der Waals surface area contributed by atoms with Crippen LogP contribution in [0.1, 0.15) is 110 Å². The zero-order valence-electron chi connectivity index (χ0n) is 21.9. The number of aryl methyl sites for hydroxylation is 2. The summed E-state index contributed by atoms with van der Waals surface area (Å²) in [7, 11) is 0. The van der Waals surface area contributed by atoms with Crippen LogP contribution < -0.4 is 0 Å². The minimum absolute atomic E-state index is 0.246. The Morgan fingerprint density at radius 3 is 2.33 bits per heavy atom. The quantitative estimate of drug-likeness (QED) is 0.224. The van der Waals surface area contributed by atoms with Gasteiger partial charge in [-0.1, -0.05) is 75.6 Å². The number of carbonyl (C=O) groups is 1. The number of nitrogens with zero attached hydrogens (tertiary/aromatic N) is 4. The average Bonchev–Trinajstić information content (AvgIpc) is 3.33. The molecule has 2 aromatic heterocycles. The lowest BCUT2D eigenvalue weighted by atomic mass is 9.99. The van der Waals surface area contributed by atoms with Gasteiger partial charge in [0, 0.05) is 33.9 Å². The number of rotatable bonds is 12. The van der Waals surface area contributed by atoms with Gasteiger partial charge in [-0.05, 0) is 44.9 Å². The third-order valence-corrected chi connectivity index (χ3v) is 8.53. The second kappa shape index (κ2) is 12.3. The van der Waals surface area contributed by atoms with Crippen molar-refractivity contribution in [3.63, 3.8) is 0 Å². The van der Waals surface area contributed by atoms with E-state index in [1.807, 2.05) is 31.2 Å². The predicted octanol–water partition coefficient (Wildman–Crippen LogP) is 8.29. The first-order chi connectivity index (χ1) is 17.4. The topological polar surface area (TPSA) is 60.1 Å². The molecule has 5 nitrogen and oxygen atoms in total. The van der Waals surface area contributed by atoms with E-state index in [1.165, 1.54) is 49.0 Å². The number of benzene rings is 1. The van der Waals surface area contributed by atoms with Crippen LogP contribution in [0.2, 0.25) is 5.02 Å². The number of thiophene rings is 1. The van der Waals surface area contributed by atoms with Gasteiger partial charge in [0.25, 0.3) is 0 Å². The van der Waals surface area contributed by atoms with Crippen LogP contribution in [0.4, 0.5) is 0 Å². The molecule has 0 unspecified atom stereocenters. The van der Waals surface area contributed by atoms with E-state index in [9.17, 15) is 4.79 Å². The SMILES string of the molecule is CCCCCCCCCCC(=O)C[C@@H]1N=C(c2ccc(Cl)cc2)c2c(sc(C)c2C)-n2c(C)nnc21. The molecule has 36 heavy (non-hydrogen) atoms. The summed E-state index contributed by atoms with van der Waals surface area (Å²) in [6.45, 7) is 8.49. The van der Waals surface area contributed by atoms with Gasteiger partial charge in [0.05, 0.1) is 5.71 Å². The van der Waals surface area contributed by atoms with Gasteiger partial charge in [-0.2, -0.15) is 0 Å². The Kier molecular flexibility index (Phi) is 9.13. The number of aromatic nitrogens is 3. The van der Waals surface area contributed by atoms with Crippen molar-refractivity contribution in [2.75, 3.05) is 0 Å². The number of fused-ring (bicyclic) bond motifs is 3. The number of hydrogen-bond donors (Lipinski definition) is 0. The summed E-state index contributed by atoms with van der Waals surface area (Å²) in [6, 6.07) is 7.45. The number of unbranched alkanes of at least 4 members (excludes halogenated alkanes) is 7. The summed E-state index contributed by atoms with van der Waals surface area (Å²) in [5.74, 6) is 1.82. The number of hydrogen-bond acceptors (Lipinski definition) is 5. The Labute approximate surface area is 224 Å². The van der Waals surface area contributed by atoms with E-state index >= 15 is 0 Å². The van der Waals surface area contributed by atoms with Crippen molar-refractivity contribution in [2.45, 2.75) is 97.9 Å². The highest BCUT2D eigenvalue weighted by molar-refractivity contribution is 7.15. The van der Waals surface area contributed by atoms with E-state index in [4.69, 9.17) is 16.6 Å². The fourth-order valence-corrected chi connectivity index (χ4v) is 6.25. The Balaban J connectivity index is 1.56. The fraction of sp³-hybridized carbons (Fsp3) is 0.517. The summed E-state index contributed by atoms with van der Waals surface area (Å²) < 4.78 is 2.11. The molecule has 0 bridgehead atoms. The summed E-state index contributed by atoms with van der Waals surface area (Å²) in [6.07, 6.45) is 10.7. The first-order valence-corrected chi connectivity index (χ1v) is 14.5. The van der Waals surface area contributed by atoms with E-state index in [1.54, 1.807) is 11.3 Å². The van der Waals surface area contributed by atoms with Gasteiger partial charge in [0.1, 0.15) is 22.7 Å². The van der Waals surface area contributed by atoms with Gasteiger partial charge >= 0.3 is 0 Å². The number of halogens is 1. The molecule has 0 amide bonds. The molecular formula is C29H37ClN4OS. The third kappa shape index (κ3) is 5.97. The highest BCUT2D eigenvalue weighted by atomic mass is 35.5. The summed E-state index contributed by atoms with van der Waals surface area (Å²) in [4.78, 5) is 19.5. The molecule has 7 heteroatoms. The molecule has 0 saturated carbocycles. The molecule has 1 aliphatic heterocycles. The first kappa shape index (κ1) is 26.7. The van der Waals surface area contributed by atoms with Crippen LogP contribution in [0.15, 0.2) is 29.3 Å². The molecule has 0 saturated heterocycles. The number of Topliss-reactive ketones (excluding diaryl/α,β-unsaturated/α-hetero) is 1. The second-order valence-electron chi connectivity index (χ2n) is 9.87. The molecule has 0 radical (unpaired) electrons. The van der Waals surface area contributed by atoms with Crippen LogP contribution in [0.5, 0.6) is 0 Å². The van der Waals surface area contributed by atoms with E-state index in [0.29, 0.717) is 17.9 Å². The minimum Gasteiger partial charge on any atom is -0.300 e. The standard InChI is InChI=1S/C29H37ClN4OS/c1-5-6-7-8-9-10-11-12-13-24(35)18-25-28-33-32-21(4)34(28)29-26(19(2)20(3)36-29)27(31-25)22-14-16-23(30)17-15-22/h14-17,25H,5-13,18H2,1-4H3/t25-/m0/s1. The number of carbonyl (C=O) groups excluding carboxylic acids is 1. The van der Waals surface area contributed by atoms with Crippen LogP contribution in [0, 0.1) is 20.8 Å². The second-order valence-corrected chi connectivity index (χ2v) is 11.5. The van der Waals surface area contributed by atoms with Gasteiger partial charge in [-0.15, -0.1) is 21.5 Å². The largest absolute Gasteiger partial charge is 0.300 e. The zero-order valence-corrected chi connectivity index (χ0v) is 23.5. The Bertz CT molecular complexity index is 1220. The third-order valence-electron chi connectivity index (χ3n) is 7.09. The van der Waals surface area contributed by atoms with Crippen molar-refractivity contribution in [2.24, 2.45) is 4.99 Å². The maximum atomic E-state index is 13.1. The van der Waals surface area contributed by atoms with Crippen molar-refractivity contribution in [3.05, 3.63) is 62.5 Å². The highest BCUT2D eigenvalue weighted by Gasteiger charge is 2.32. The molecule has 0 N–H and O–H groups in total. The lowest BCUT2D eigenvalue weighted by molar-refractivity contribution is -0.119. The first-order valence-electron chi connectivity index (χ1n) is 13.3. The Morgan fingerprint density at radius 2 is 1.64 bits per heavy atom. The van der Waals surface area contributed by atoms with Gasteiger partial charge in [0.15, 0.2) is 5.82 Å². The van der Waals surface area contributed by atoms with E-state index in [0.717, 1.165) is 46.3 Å². The smallest absolute Gasteiger partial charge is 0.163 e. The normalized spacial score (nSPS) is 14.8. The van der Waals surface area contributed by atoms with Crippen molar-refractivity contribution in [3.8, 4) is 5.00 Å². The lowest BCUT2D eigenvalue weighted by Crippen LogP contribution is -2.11. The van der Waals surface area contributed by atoms with Gasteiger partial charge < -0.3 is 0 Å². The number of aliphatic imine (C=N–C) groups is 1. The van der Waals surface area contributed by atoms with Gasteiger partial charge in [0.2, 0.25) is 0 Å². The summed E-state index contributed by atoms with van der Waals surface area (Å²) in [5, 5.41) is 10.7. The molecule has 1 atom stereocenters. The van der Waals surface area contributed by atoms with E-state index in [-0.39, 0.29) is 11.8 Å². The van der Waals surface area contributed by atoms with Crippen LogP contribution in [-0.2, 0) is 4.79 Å². The average molecular weight is 525 g/mol. The monoisotopic (exact) mass is 524 g/mol. The summed E-state index contributed by atoms with van der Waals surface area (Å²) in [5.41, 5.74) is 4.20. The molecule has 4 rings (SSSR count). The maximum absolute atomic E-state index is 13.1. The zero-order chi connectivity index (χ0) is 25.7. The van der Waals surface area contributed by atoms with Crippen molar-refractivity contribution >= 4 is 34.4 Å². The van der Waals surface area contributed by atoms with Crippen molar-refractivity contribution < 1.29 is 4.79 Å². The Hall–Kier alpha value is -2.31. The number of ketones is 1. The molecule has 0 spiro atoms. The molecule has 1 aliphatic rings. The van der Waals surface area contributed by atoms with Gasteiger partial charge in [-0.3, -0.25) is 14.4 Å². The molecule has 3 aromatic rings. The maximum Gasteiger partial charge on any atom is 0.163 e. The van der Waals surface area contributed by atoms with Crippen LogP contribution in [0.3, 0.4) is 0 Å². The van der Waals surface area contributed by atoms with Crippen LogP contribution >= 0.6 is 22.9 Å². The van der Waals surface area contributed by atoms with Crippen LogP contribution in [-0.4, -0.2) is 26.3 Å². The molecule has 0 fully saturated rings. The molecular weight excluding hydrogens is 488 g/mol. The summed E-state index contributed by atoms with van der Waals surface area (Å²) >= 11 is 7.92. The van der Waals surface area contributed by atoms with Crippen LogP contribution in [0.25, 0.3) is 5.00 Å². The van der Waals surface area contributed by atoms with Gasteiger partial charge in [-0.25, -0.2) is 0 Å². The van der Waals surface area contributed by atoms with E-state index < -0.39 is 0 Å². The lowest BCUT2D eigenvalue weighted by Gasteiger charge is -2.12. The minimum atomic E-state index is -0.363.